The van der Waals surface area contributed by atoms with Gasteiger partial charge in [-0.2, -0.15) is 0 Å². The fraction of sp³-hybridized carbons (Fsp3) is 0. The van der Waals surface area contributed by atoms with Crippen LogP contribution in [0.25, 0.3) is 72.0 Å². The van der Waals surface area contributed by atoms with E-state index in [-0.39, 0.29) is 0 Å². The summed E-state index contributed by atoms with van der Waals surface area (Å²) in [5.41, 5.74) is 16.2. The smallest absolute Gasteiger partial charge is 0.0561 e. The van der Waals surface area contributed by atoms with Crippen molar-refractivity contribution in [3.8, 4) is 50.2 Å². The zero-order valence-corrected chi connectivity index (χ0v) is 30.8. The van der Waals surface area contributed by atoms with E-state index < -0.39 is 0 Å². The topological polar surface area (TPSA) is 8.17 Å². The molecule has 56 heavy (non-hydrogen) atoms. The number of anilines is 3. The molecule has 10 aromatic rings. The Labute approximate surface area is 327 Å². The number of fused-ring (bicyclic) bond motifs is 3. The SMILES string of the molecule is c1ccc(-c2ccc(-c3ccc(N(c4ccc5c6ccccc6n(-c6ccccc6)c5c4)c4ccccc4-c4ccccc4)c(-c4ccccc4)c3)cc2)cc1. The largest absolute Gasteiger partial charge is 0.309 e. The van der Waals surface area contributed by atoms with Crippen molar-refractivity contribution >= 4 is 38.9 Å². The molecule has 0 atom stereocenters. The number of para-hydroxylation sites is 3. The molecule has 0 bridgehead atoms. The van der Waals surface area contributed by atoms with Gasteiger partial charge in [0.25, 0.3) is 0 Å². The van der Waals surface area contributed by atoms with Crippen LogP contribution in [-0.4, -0.2) is 4.57 Å². The average molecular weight is 715 g/mol. The molecule has 0 N–H and O–H groups in total. The maximum atomic E-state index is 2.46. The average Bonchev–Trinajstić information content (AvgIpc) is 3.62. The molecule has 9 aromatic carbocycles. The van der Waals surface area contributed by atoms with Crippen LogP contribution in [0.4, 0.5) is 17.1 Å². The van der Waals surface area contributed by atoms with Gasteiger partial charge in [0.2, 0.25) is 0 Å². The molecule has 10 rings (SSSR count). The van der Waals surface area contributed by atoms with Crippen molar-refractivity contribution in [2.45, 2.75) is 0 Å². The monoisotopic (exact) mass is 714 g/mol. The minimum atomic E-state index is 1.08. The van der Waals surface area contributed by atoms with Gasteiger partial charge in [0.05, 0.1) is 22.4 Å². The van der Waals surface area contributed by atoms with Crippen molar-refractivity contribution in [1.29, 1.82) is 0 Å². The van der Waals surface area contributed by atoms with Crippen LogP contribution in [0.2, 0.25) is 0 Å². The van der Waals surface area contributed by atoms with Crippen molar-refractivity contribution < 1.29 is 0 Å². The van der Waals surface area contributed by atoms with E-state index in [9.17, 15) is 0 Å². The molecule has 1 aromatic heterocycles. The summed E-state index contributed by atoms with van der Waals surface area (Å²) < 4.78 is 2.40. The first kappa shape index (κ1) is 33.2. The highest BCUT2D eigenvalue weighted by Crippen LogP contribution is 2.47. The van der Waals surface area contributed by atoms with Gasteiger partial charge >= 0.3 is 0 Å². The highest BCUT2D eigenvalue weighted by Gasteiger charge is 2.23. The van der Waals surface area contributed by atoms with Crippen LogP contribution in [0.15, 0.2) is 231 Å². The summed E-state index contributed by atoms with van der Waals surface area (Å²) in [5.74, 6) is 0. The summed E-state index contributed by atoms with van der Waals surface area (Å²) >= 11 is 0. The van der Waals surface area contributed by atoms with Gasteiger partial charge in [-0.05, 0) is 81.9 Å². The lowest BCUT2D eigenvalue weighted by molar-refractivity contribution is 1.18. The summed E-state index contributed by atoms with van der Waals surface area (Å²) in [6, 6.07) is 83.1. The Kier molecular flexibility index (Phi) is 8.55. The molecular formula is C54H38N2. The van der Waals surface area contributed by atoms with Gasteiger partial charge in [-0.1, -0.05) is 182 Å². The van der Waals surface area contributed by atoms with E-state index in [0.717, 1.165) is 45.0 Å². The van der Waals surface area contributed by atoms with Crippen LogP contribution in [0.3, 0.4) is 0 Å². The first-order chi connectivity index (χ1) is 27.8. The molecule has 0 saturated carbocycles. The molecule has 0 unspecified atom stereocenters. The van der Waals surface area contributed by atoms with Crippen LogP contribution in [-0.2, 0) is 0 Å². The first-order valence-corrected chi connectivity index (χ1v) is 19.2. The molecule has 0 fully saturated rings. The van der Waals surface area contributed by atoms with Crippen LogP contribution in [0.5, 0.6) is 0 Å². The summed E-state index contributed by atoms with van der Waals surface area (Å²) in [7, 11) is 0. The van der Waals surface area contributed by atoms with E-state index in [2.05, 4.69) is 240 Å². The molecule has 1 heterocycles. The molecule has 2 heteroatoms. The van der Waals surface area contributed by atoms with Crippen LogP contribution in [0.1, 0.15) is 0 Å². The second-order valence-corrected chi connectivity index (χ2v) is 14.1. The van der Waals surface area contributed by atoms with Crippen molar-refractivity contribution in [2.24, 2.45) is 0 Å². The molecule has 0 aliphatic rings. The molecule has 0 aliphatic heterocycles. The normalized spacial score (nSPS) is 11.2. The molecule has 2 nitrogen and oxygen atoms in total. The van der Waals surface area contributed by atoms with Crippen molar-refractivity contribution in [3.05, 3.63) is 231 Å². The van der Waals surface area contributed by atoms with Gasteiger partial charge in [0.1, 0.15) is 0 Å². The maximum absolute atomic E-state index is 2.46. The summed E-state index contributed by atoms with van der Waals surface area (Å²) in [6.07, 6.45) is 0. The quantitative estimate of drug-likeness (QED) is 0.152. The molecular weight excluding hydrogens is 677 g/mol. The molecule has 0 radical (unpaired) electrons. The van der Waals surface area contributed by atoms with Gasteiger partial charge in [-0.15, -0.1) is 0 Å². The van der Waals surface area contributed by atoms with E-state index in [4.69, 9.17) is 0 Å². The lowest BCUT2D eigenvalue weighted by atomic mass is 9.94. The Hall–Kier alpha value is -7.42. The first-order valence-electron chi connectivity index (χ1n) is 19.2. The van der Waals surface area contributed by atoms with E-state index >= 15 is 0 Å². The fourth-order valence-electron chi connectivity index (χ4n) is 8.14. The van der Waals surface area contributed by atoms with Crippen molar-refractivity contribution in [3.63, 3.8) is 0 Å². The van der Waals surface area contributed by atoms with Gasteiger partial charge < -0.3 is 9.47 Å². The molecule has 0 spiro atoms. The molecule has 0 saturated heterocycles. The van der Waals surface area contributed by atoms with Gasteiger partial charge in [-0.25, -0.2) is 0 Å². The van der Waals surface area contributed by atoms with Gasteiger partial charge in [0.15, 0.2) is 0 Å². The second-order valence-electron chi connectivity index (χ2n) is 14.1. The minimum absolute atomic E-state index is 1.08. The summed E-state index contributed by atoms with van der Waals surface area (Å²) in [4.78, 5) is 2.46. The zero-order valence-electron chi connectivity index (χ0n) is 30.8. The van der Waals surface area contributed by atoms with Crippen LogP contribution in [0, 0.1) is 0 Å². The Morgan fingerprint density at radius 3 is 1.46 bits per heavy atom. The number of hydrogen-bond donors (Lipinski definition) is 0. The van der Waals surface area contributed by atoms with Crippen molar-refractivity contribution in [1.82, 2.24) is 4.57 Å². The Balaban J connectivity index is 1.22. The van der Waals surface area contributed by atoms with E-state index in [1.807, 2.05) is 0 Å². The molecule has 264 valence electrons. The highest BCUT2D eigenvalue weighted by molar-refractivity contribution is 6.11. The lowest BCUT2D eigenvalue weighted by Crippen LogP contribution is -2.13. The third kappa shape index (κ3) is 6.04. The standard InChI is InChI=1S/C54H38N2/c1-5-17-39(18-6-1)40-29-31-41(32-30-40)44-33-36-53(50(37-44)43-21-9-3-10-22-43)56(51-27-15-13-25-47(51)42-19-7-2-8-20-42)46-34-35-49-48-26-14-16-28-52(48)55(54(49)38-46)45-23-11-4-12-24-45/h1-38H. The Bertz CT molecular complexity index is 2930. The number of hydrogen-bond acceptors (Lipinski definition) is 1. The van der Waals surface area contributed by atoms with E-state index in [1.165, 1.54) is 44.1 Å². The number of rotatable bonds is 8. The van der Waals surface area contributed by atoms with Gasteiger partial charge in [-0.3, -0.25) is 0 Å². The van der Waals surface area contributed by atoms with E-state index in [1.54, 1.807) is 0 Å². The maximum Gasteiger partial charge on any atom is 0.0561 e. The Morgan fingerprint density at radius 1 is 0.286 bits per heavy atom. The third-order valence-corrected chi connectivity index (χ3v) is 10.8. The Morgan fingerprint density at radius 2 is 0.768 bits per heavy atom. The predicted molar refractivity (Wildman–Crippen MR) is 237 cm³/mol. The predicted octanol–water partition coefficient (Wildman–Crippen LogP) is 14.9. The molecule has 0 aliphatic carbocycles. The second kappa shape index (κ2) is 14.4. The number of nitrogens with zero attached hydrogens (tertiary/aromatic N) is 2. The van der Waals surface area contributed by atoms with Crippen LogP contribution >= 0.6 is 0 Å². The highest BCUT2D eigenvalue weighted by atomic mass is 15.1. The molecule has 0 amide bonds. The van der Waals surface area contributed by atoms with Crippen molar-refractivity contribution in [2.75, 3.05) is 4.90 Å². The lowest BCUT2D eigenvalue weighted by Gasteiger charge is -2.30. The van der Waals surface area contributed by atoms with E-state index in [0.29, 0.717) is 0 Å². The minimum Gasteiger partial charge on any atom is -0.309 e. The third-order valence-electron chi connectivity index (χ3n) is 10.8. The van der Waals surface area contributed by atoms with Crippen LogP contribution < -0.4 is 4.90 Å². The summed E-state index contributed by atoms with van der Waals surface area (Å²) in [5, 5.41) is 2.46. The zero-order chi connectivity index (χ0) is 37.3. The van der Waals surface area contributed by atoms with Gasteiger partial charge in [0, 0.05) is 33.3 Å². The number of aromatic nitrogens is 1. The number of benzene rings is 9. The fourth-order valence-corrected chi connectivity index (χ4v) is 8.14. The summed E-state index contributed by atoms with van der Waals surface area (Å²) in [6.45, 7) is 0.